The Labute approximate surface area is 125 Å². The average molecular weight is 293 g/mol. The van der Waals surface area contributed by atoms with Crippen LogP contribution in [0.4, 0.5) is 11.4 Å². The molecule has 1 aliphatic rings. The Morgan fingerprint density at radius 2 is 2.19 bits per heavy atom. The minimum atomic E-state index is 0.159. The summed E-state index contributed by atoms with van der Waals surface area (Å²) in [4.78, 5) is 13.8. The minimum Gasteiger partial charge on any atom is -0.492 e. The highest BCUT2D eigenvalue weighted by Gasteiger charge is 2.16. The summed E-state index contributed by atoms with van der Waals surface area (Å²) in [6.07, 6.45) is 0.467. The number of amides is 1. The predicted octanol–water partition coefficient (Wildman–Crippen LogP) is 1.33. The fraction of sp³-hybridized carbons (Fsp3) is 0.533. The van der Waals surface area contributed by atoms with Crippen LogP contribution < -0.4 is 15.8 Å². The van der Waals surface area contributed by atoms with Crippen molar-refractivity contribution in [2.75, 3.05) is 50.5 Å². The number of nitrogens with zero attached hydrogens (tertiary/aromatic N) is 1. The van der Waals surface area contributed by atoms with Gasteiger partial charge in [-0.05, 0) is 19.1 Å². The molecule has 3 N–H and O–H groups in total. The van der Waals surface area contributed by atoms with Gasteiger partial charge in [-0.1, -0.05) is 0 Å². The first-order valence-corrected chi connectivity index (χ1v) is 7.32. The molecule has 0 radical (unpaired) electrons. The van der Waals surface area contributed by atoms with Gasteiger partial charge in [-0.25, -0.2) is 0 Å². The van der Waals surface area contributed by atoms with E-state index in [9.17, 15) is 4.79 Å². The number of nitrogens with two attached hydrogens (primary N) is 1. The molecule has 1 fully saturated rings. The Kier molecular flexibility index (Phi) is 5.68. The summed E-state index contributed by atoms with van der Waals surface area (Å²) < 4.78 is 10.7. The van der Waals surface area contributed by atoms with E-state index < -0.39 is 0 Å². The van der Waals surface area contributed by atoms with Crippen molar-refractivity contribution in [2.24, 2.45) is 0 Å². The Balaban J connectivity index is 1.80. The highest BCUT2D eigenvalue weighted by molar-refractivity contribution is 5.77. The van der Waals surface area contributed by atoms with Crippen LogP contribution in [-0.4, -0.2) is 50.3 Å². The summed E-state index contributed by atoms with van der Waals surface area (Å²) in [6, 6.07) is 5.55. The summed E-state index contributed by atoms with van der Waals surface area (Å²) in [5, 5.41) is 3.23. The first-order valence-electron chi connectivity index (χ1n) is 7.32. The zero-order chi connectivity index (χ0) is 15.1. The quantitative estimate of drug-likeness (QED) is 0.774. The van der Waals surface area contributed by atoms with Gasteiger partial charge in [0.25, 0.3) is 0 Å². The standard InChI is InChI=1S/C15H23N3O3/c1-2-21-14-11-12(3-4-13(14)16)17-6-5-15(19)18-7-9-20-10-8-18/h3-4,11,17H,2,5-10,16H2,1H3. The van der Waals surface area contributed by atoms with Gasteiger partial charge in [0.05, 0.1) is 25.5 Å². The maximum absolute atomic E-state index is 12.0. The first kappa shape index (κ1) is 15.4. The molecule has 116 valence electrons. The molecule has 1 aromatic carbocycles. The van der Waals surface area contributed by atoms with Gasteiger partial charge in [-0.3, -0.25) is 4.79 Å². The molecule has 0 aliphatic carbocycles. The molecular weight excluding hydrogens is 270 g/mol. The van der Waals surface area contributed by atoms with E-state index in [4.69, 9.17) is 15.2 Å². The van der Waals surface area contributed by atoms with Crippen molar-refractivity contribution >= 4 is 17.3 Å². The van der Waals surface area contributed by atoms with E-state index in [1.807, 2.05) is 24.0 Å². The van der Waals surface area contributed by atoms with Crippen LogP contribution in [0.3, 0.4) is 0 Å². The molecule has 1 heterocycles. The molecule has 1 aromatic rings. The van der Waals surface area contributed by atoms with Gasteiger partial charge in [0.15, 0.2) is 0 Å². The third-order valence-electron chi connectivity index (χ3n) is 3.35. The van der Waals surface area contributed by atoms with Crippen molar-refractivity contribution in [1.82, 2.24) is 4.90 Å². The Bertz CT molecular complexity index is 473. The fourth-order valence-corrected chi connectivity index (χ4v) is 2.21. The molecule has 2 rings (SSSR count). The van der Waals surface area contributed by atoms with Crippen molar-refractivity contribution in [3.63, 3.8) is 0 Å². The van der Waals surface area contributed by atoms with Crippen LogP contribution in [-0.2, 0) is 9.53 Å². The van der Waals surface area contributed by atoms with E-state index in [-0.39, 0.29) is 5.91 Å². The summed E-state index contributed by atoms with van der Waals surface area (Å²) in [7, 11) is 0. The second-order valence-electron chi connectivity index (χ2n) is 4.86. The first-order chi connectivity index (χ1) is 10.2. The summed E-state index contributed by atoms with van der Waals surface area (Å²) in [5.41, 5.74) is 7.35. The van der Waals surface area contributed by atoms with Gasteiger partial charge in [0.2, 0.25) is 5.91 Å². The number of ether oxygens (including phenoxy) is 2. The molecule has 0 atom stereocenters. The number of anilines is 2. The van der Waals surface area contributed by atoms with E-state index in [2.05, 4.69) is 5.32 Å². The van der Waals surface area contributed by atoms with Crippen molar-refractivity contribution in [3.05, 3.63) is 18.2 Å². The Morgan fingerprint density at radius 1 is 1.43 bits per heavy atom. The summed E-state index contributed by atoms with van der Waals surface area (Å²) >= 11 is 0. The zero-order valence-electron chi connectivity index (χ0n) is 12.4. The van der Waals surface area contributed by atoms with E-state index in [1.165, 1.54) is 0 Å². The van der Waals surface area contributed by atoms with Crippen LogP contribution in [0.2, 0.25) is 0 Å². The van der Waals surface area contributed by atoms with Gasteiger partial charge in [-0.2, -0.15) is 0 Å². The van der Waals surface area contributed by atoms with Crippen molar-refractivity contribution in [3.8, 4) is 5.75 Å². The number of carbonyl (C=O) groups excluding carboxylic acids is 1. The summed E-state index contributed by atoms with van der Waals surface area (Å²) in [6.45, 7) is 5.73. The molecule has 6 heteroatoms. The number of rotatable bonds is 6. The molecule has 1 amide bonds. The largest absolute Gasteiger partial charge is 0.492 e. The van der Waals surface area contributed by atoms with Gasteiger partial charge in [0, 0.05) is 37.8 Å². The monoisotopic (exact) mass is 293 g/mol. The lowest BCUT2D eigenvalue weighted by molar-refractivity contribution is -0.134. The Hall–Kier alpha value is -1.95. The topological polar surface area (TPSA) is 76.8 Å². The van der Waals surface area contributed by atoms with Crippen LogP contribution in [0.25, 0.3) is 0 Å². The van der Waals surface area contributed by atoms with Crippen LogP contribution in [0.5, 0.6) is 5.75 Å². The predicted molar refractivity (Wildman–Crippen MR) is 82.5 cm³/mol. The summed E-state index contributed by atoms with van der Waals surface area (Å²) in [5.74, 6) is 0.827. The molecule has 0 saturated carbocycles. The highest BCUT2D eigenvalue weighted by Crippen LogP contribution is 2.25. The maximum Gasteiger partial charge on any atom is 0.224 e. The molecule has 0 bridgehead atoms. The van der Waals surface area contributed by atoms with Crippen LogP contribution in [0.15, 0.2) is 18.2 Å². The van der Waals surface area contributed by atoms with E-state index >= 15 is 0 Å². The average Bonchev–Trinajstić information content (AvgIpc) is 2.51. The third kappa shape index (κ3) is 4.53. The lowest BCUT2D eigenvalue weighted by Gasteiger charge is -2.26. The smallest absolute Gasteiger partial charge is 0.224 e. The lowest BCUT2D eigenvalue weighted by Crippen LogP contribution is -2.41. The number of benzene rings is 1. The maximum atomic E-state index is 12.0. The van der Waals surface area contributed by atoms with Gasteiger partial charge >= 0.3 is 0 Å². The van der Waals surface area contributed by atoms with E-state index in [0.717, 1.165) is 5.69 Å². The number of morpholine rings is 1. The second kappa shape index (κ2) is 7.73. The van der Waals surface area contributed by atoms with Crippen molar-refractivity contribution < 1.29 is 14.3 Å². The minimum absolute atomic E-state index is 0.159. The SMILES string of the molecule is CCOc1cc(NCCC(=O)N2CCOCC2)ccc1N. The van der Waals surface area contributed by atoms with Gasteiger partial charge in [0.1, 0.15) is 5.75 Å². The molecule has 0 spiro atoms. The number of hydrogen-bond donors (Lipinski definition) is 2. The normalized spacial score (nSPS) is 14.8. The molecule has 0 aromatic heterocycles. The number of carbonyl (C=O) groups is 1. The Morgan fingerprint density at radius 3 is 2.90 bits per heavy atom. The number of nitrogens with one attached hydrogen (secondary N) is 1. The van der Waals surface area contributed by atoms with Crippen LogP contribution in [0, 0.1) is 0 Å². The second-order valence-corrected chi connectivity index (χ2v) is 4.86. The van der Waals surface area contributed by atoms with Crippen LogP contribution in [0.1, 0.15) is 13.3 Å². The molecular formula is C15H23N3O3. The molecule has 21 heavy (non-hydrogen) atoms. The number of nitrogen functional groups attached to an aromatic ring is 1. The van der Waals surface area contributed by atoms with Crippen molar-refractivity contribution in [2.45, 2.75) is 13.3 Å². The number of hydrogen-bond acceptors (Lipinski definition) is 5. The van der Waals surface area contributed by atoms with E-state index in [0.29, 0.717) is 57.3 Å². The molecule has 0 unspecified atom stereocenters. The van der Waals surface area contributed by atoms with Crippen molar-refractivity contribution in [1.29, 1.82) is 0 Å². The molecule has 1 saturated heterocycles. The molecule has 1 aliphatic heterocycles. The molecule has 6 nitrogen and oxygen atoms in total. The van der Waals surface area contributed by atoms with Gasteiger partial charge < -0.3 is 25.4 Å². The van der Waals surface area contributed by atoms with E-state index in [1.54, 1.807) is 6.07 Å². The third-order valence-corrected chi connectivity index (χ3v) is 3.35. The lowest BCUT2D eigenvalue weighted by atomic mass is 10.2. The van der Waals surface area contributed by atoms with Gasteiger partial charge in [-0.15, -0.1) is 0 Å². The highest BCUT2D eigenvalue weighted by atomic mass is 16.5. The van der Waals surface area contributed by atoms with Crippen LogP contribution >= 0.6 is 0 Å². The zero-order valence-corrected chi connectivity index (χ0v) is 12.4. The fourth-order valence-electron chi connectivity index (χ4n) is 2.21.